The van der Waals surface area contributed by atoms with E-state index in [4.69, 9.17) is 4.74 Å². The third-order valence-electron chi connectivity index (χ3n) is 2.40. The van der Waals surface area contributed by atoms with Crippen molar-refractivity contribution in [3.63, 3.8) is 0 Å². The van der Waals surface area contributed by atoms with Crippen molar-refractivity contribution >= 4 is 17.6 Å². The number of ether oxygens (including phenoxy) is 1. The minimum absolute atomic E-state index is 0.112. The van der Waals surface area contributed by atoms with E-state index in [9.17, 15) is 10.1 Å². The number of hydrogen-bond donors (Lipinski definition) is 1. The molecule has 0 aliphatic rings. The fraction of sp³-hybridized carbons (Fsp3) is 0.571. The average molecular weight is 298 g/mol. The predicted molar refractivity (Wildman–Crippen MR) is 83.3 cm³/mol. The third kappa shape index (κ3) is 6.25. The highest BCUT2D eigenvalue weighted by molar-refractivity contribution is 7.97. The summed E-state index contributed by atoms with van der Waals surface area (Å²) >= 11 is 1.69. The van der Waals surface area contributed by atoms with Crippen LogP contribution in [-0.2, 0) is 0 Å². The van der Waals surface area contributed by atoms with Crippen molar-refractivity contribution in [2.24, 2.45) is 0 Å². The van der Waals surface area contributed by atoms with Crippen LogP contribution < -0.4 is 9.46 Å². The first-order chi connectivity index (χ1) is 9.29. The van der Waals surface area contributed by atoms with Crippen LogP contribution in [0.15, 0.2) is 18.2 Å². The summed E-state index contributed by atoms with van der Waals surface area (Å²) in [7, 11) is 0. The SMILES string of the molecule is Cc1cc(OCCCSNC(C)(C)C)ccc1[N+](=O)[O-]. The Kier molecular flexibility index (Phi) is 6.29. The van der Waals surface area contributed by atoms with Crippen molar-refractivity contribution in [1.82, 2.24) is 4.72 Å². The summed E-state index contributed by atoms with van der Waals surface area (Å²) in [5, 5.41) is 10.7. The molecule has 0 saturated carbocycles. The van der Waals surface area contributed by atoms with E-state index >= 15 is 0 Å². The van der Waals surface area contributed by atoms with Gasteiger partial charge >= 0.3 is 0 Å². The zero-order chi connectivity index (χ0) is 15.2. The number of aryl methyl sites for hydroxylation is 1. The molecule has 0 amide bonds. The van der Waals surface area contributed by atoms with E-state index in [-0.39, 0.29) is 16.1 Å². The summed E-state index contributed by atoms with van der Waals surface area (Å²) in [4.78, 5) is 10.3. The Hall–Kier alpha value is -1.27. The van der Waals surface area contributed by atoms with Crippen molar-refractivity contribution in [1.29, 1.82) is 0 Å². The summed E-state index contributed by atoms with van der Waals surface area (Å²) in [6, 6.07) is 4.84. The van der Waals surface area contributed by atoms with Gasteiger partial charge in [-0.1, -0.05) is 11.9 Å². The van der Waals surface area contributed by atoms with Crippen molar-refractivity contribution in [2.45, 2.75) is 39.7 Å². The van der Waals surface area contributed by atoms with E-state index < -0.39 is 0 Å². The van der Waals surface area contributed by atoms with E-state index in [2.05, 4.69) is 25.5 Å². The molecule has 20 heavy (non-hydrogen) atoms. The number of nitrogens with one attached hydrogen (secondary N) is 1. The van der Waals surface area contributed by atoms with Gasteiger partial charge in [0.1, 0.15) is 5.75 Å². The van der Waals surface area contributed by atoms with Crippen LogP contribution in [0.4, 0.5) is 5.69 Å². The topological polar surface area (TPSA) is 64.4 Å². The summed E-state index contributed by atoms with van der Waals surface area (Å²) in [6.07, 6.45) is 0.920. The molecule has 0 bridgehead atoms. The molecule has 0 atom stereocenters. The first-order valence-electron chi connectivity index (χ1n) is 6.56. The summed E-state index contributed by atoms with van der Waals surface area (Å²) < 4.78 is 8.93. The zero-order valence-corrected chi connectivity index (χ0v) is 13.3. The van der Waals surface area contributed by atoms with Crippen LogP contribution >= 0.6 is 11.9 Å². The number of rotatable bonds is 7. The largest absolute Gasteiger partial charge is 0.494 e. The molecule has 0 radical (unpaired) electrons. The molecule has 0 aliphatic carbocycles. The molecule has 1 rings (SSSR count). The number of benzene rings is 1. The molecule has 0 unspecified atom stereocenters. The molecule has 0 aliphatic heterocycles. The van der Waals surface area contributed by atoms with Gasteiger partial charge in [-0.2, -0.15) is 0 Å². The van der Waals surface area contributed by atoms with Gasteiger partial charge in [0.25, 0.3) is 5.69 Å². The molecule has 1 N–H and O–H groups in total. The van der Waals surface area contributed by atoms with E-state index in [1.54, 1.807) is 31.0 Å². The number of nitrogens with zero attached hydrogens (tertiary/aromatic N) is 1. The second kappa shape index (κ2) is 7.50. The van der Waals surface area contributed by atoms with Gasteiger partial charge in [-0.3, -0.25) is 14.8 Å². The molecule has 1 aromatic rings. The van der Waals surface area contributed by atoms with E-state index in [1.807, 2.05) is 0 Å². The van der Waals surface area contributed by atoms with Crippen molar-refractivity contribution in [3.05, 3.63) is 33.9 Å². The van der Waals surface area contributed by atoms with Gasteiger partial charge in [0.2, 0.25) is 0 Å². The highest BCUT2D eigenvalue weighted by Gasteiger charge is 2.10. The molecule has 1 aromatic carbocycles. The Bertz CT molecular complexity index is 458. The maximum absolute atomic E-state index is 10.7. The van der Waals surface area contributed by atoms with Crippen LogP contribution in [0.25, 0.3) is 0 Å². The molecule has 5 nitrogen and oxygen atoms in total. The lowest BCUT2D eigenvalue weighted by Gasteiger charge is -2.19. The zero-order valence-electron chi connectivity index (χ0n) is 12.4. The standard InChI is InChI=1S/C14H22N2O3S/c1-11-10-12(6-7-13(11)16(17)18)19-8-5-9-20-15-14(2,3)4/h6-7,10,15H,5,8-9H2,1-4H3. The van der Waals surface area contributed by atoms with Gasteiger partial charge in [0, 0.05) is 22.9 Å². The first kappa shape index (κ1) is 16.8. The molecular formula is C14H22N2O3S. The molecule has 0 fully saturated rings. The number of hydrogen-bond acceptors (Lipinski definition) is 5. The van der Waals surface area contributed by atoms with Crippen LogP contribution in [0.5, 0.6) is 5.75 Å². The highest BCUT2D eigenvalue weighted by atomic mass is 32.2. The Labute approximate surface area is 124 Å². The van der Waals surface area contributed by atoms with Crippen LogP contribution in [0, 0.1) is 17.0 Å². The van der Waals surface area contributed by atoms with E-state index in [0.717, 1.165) is 12.2 Å². The summed E-state index contributed by atoms with van der Waals surface area (Å²) in [5.74, 6) is 1.64. The van der Waals surface area contributed by atoms with E-state index in [0.29, 0.717) is 17.9 Å². The summed E-state index contributed by atoms with van der Waals surface area (Å²) in [6.45, 7) is 8.69. The number of nitro groups is 1. The molecule has 0 spiro atoms. The molecular weight excluding hydrogens is 276 g/mol. The van der Waals surface area contributed by atoms with Crippen LogP contribution in [0.2, 0.25) is 0 Å². The lowest BCUT2D eigenvalue weighted by atomic mass is 10.1. The summed E-state index contributed by atoms with van der Waals surface area (Å²) in [5.41, 5.74) is 0.861. The monoisotopic (exact) mass is 298 g/mol. The van der Waals surface area contributed by atoms with Gasteiger partial charge < -0.3 is 4.74 Å². The van der Waals surface area contributed by atoms with Crippen LogP contribution in [0.1, 0.15) is 32.8 Å². The molecule has 0 saturated heterocycles. The Morgan fingerprint density at radius 2 is 2.10 bits per heavy atom. The molecule has 0 heterocycles. The van der Waals surface area contributed by atoms with Gasteiger partial charge in [-0.25, -0.2) is 0 Å². The highest BCUT2D eigenvalue weighted by Crippen LogP contribution is 2.23. The lowest BCUT2D eigenvalue weighted by molar-refractivity contribution is -0.385. The van der Waals surface area contributed by atoms with Gasteiger partial charge in [-0.15, -0.1) is 0 Å². The van der Waals surface area contributed by atoms with Gasteiger partial charge in [0.15, 0.2) is 0 Å². The smallest absolute Gasteiger partial charge is 0.272 e. The fourth-order valence-corrected chi connectivity index (χ4v) is 2.31. The maximum Gasteiger partial charge on any atom is 0.272 e. The first-order valence-corrected chi connectivity index (χ1v) is 7.55. The Balaban J connectivity index is 2.29. The minimum atomic E-state index is -0.381. The van der Waals surface area contributed by atoms with Crippen molar-refractivity contribution < 1.29 is 9.66 Å². The lowest BCUT2D eigenvalue weighted by Crippen LogP contribution is -2.30. The fourth-order valence-electron chi connectivity index (χ4n) is 1.51. The van der Waals surface area contributed by atoms with Gasteiger partial charge in [0.05, 0.1) is 11.5 Å². The Morgan fingerprint density at radius 1 is 1.40 bits per heavy atom. The second-order valence-electron chi connectivity index (χ2n) is 5.61. The quantitative estimate of drug-likeness (QED) is 0.360. The minimum Gasteiger partial charge on any atom is -0.494 e. The second-order valence-corrected chi connectivity index (χ2v) is 6.51. The van der Waals surface area contributed by atoms with Crippen molar-refractivity contribution in [3.8, 4) is 5.75 Å². The van der Waals surface area contributed by atoms with Crippen LogP contribution in [0.3, 0.4) is 0 Å². The third-order valence-corrected chi connectivity index (χ3v) is 3.65. The van der Waals surface area contributed by atoms with Crippen LogP contribution in [-0.4, -0.2) is 22.8 Å². The predicted octanol–water partition coefficient (Wildman–Crippen LogP) is 3.71. The molecule has 0 aromatic heterocycles. The normalized spacial score (nSPS) is 11.4. The Morgan fingerprint density at radius 3 is 2.65 bits per heavy atom. The van der Waals surface area contributed by atoms with E-state index in [1.165, 1.54) is 6.07 Å². The molecule has 112 valence electrons. The van der Waals surface area contributed by atoms with Gasteiger partial charge in [-0.05, 0) is 46.2 Å². The maximum atomic E-state index is 10.7. The average Bonchev–Trinajstić information content (AvgIpc) is 2.32. The number of nitro benzene ring substituents is 1. The molecule has 6 heteroatoms. The van der Waals surface area contributed by atoms with Crippen molar-refractivity contribution in [2.75, 3.05) is 12.4 Å².